The number of amides is 4. The first-order chi connectivity index (χ1) is 23.7. The van der Waals surface area contributed by atoms with Crippen LogP contribution in [0.5, 0.6) is 0 Å². The number of fused-ring (bicyclic) bond motifs is 4. The van der Waals surface area contributed by atoms with E-state index < -0.39 is 6.04 Å². The Bertz CT molecular complexity index is 1710. The number of aryl methyl sites for hydroxylation is 2. The molecule has 4 N–H and O–H groups in total. The summed E-state index contributed by atoms with van der Waals surface area (Å²) >= 11 is 9.73. The maximum absolute atomic E-state index is 13.0. The van der Waals surface area contributed by atoms with Gasteiger partial charge in [0.15, 0.2) is 5.82 Å². The molecule has 6 rings (SSSR count). The molecule has 4 amide bonds. The van der Waals surface area contributed by atoms with Crippen LogP contribution < -0.4 is 21.4 Å². The zero-order valence-corrected chi connectivity index (χ0v) is 30.1. The van der Waals surface area contributed by atoms with Crippen molar-refractivity contribution in [1.82, 2.24) is 36.2 Å². The summed E-state index contributed by atoms with van der Waals surface area (Å²) in [5.41, 5.74) is 6.29. The summed E-state index contributed by atoms with van der Waals surface area (Å²) in [7, 11) is 0. The molecular weight excluding hydrogens is 688 g/mol. The summed E-state index contributed by atoms with van der Waals surface area (Å²) in [6.45, 7) is 7.18. The van der Waals surface area contributed by atoms with Crippen molar-refractivity contribution in [1.29, 1.82) is 0 Å². The summed E-state index contributed by atoms with van der Waals surface area (Å²) in [6.07, 6.45) is 3.19. The quantitative estimate of drug-likeness (QED) is 0.103. The molecule has 3 aliphatic heterocycles. The highest BCUT2D eigenvalue weighted by molar-refractivity contribution is 8.00. The number of ether oxygens (including phenoxy) is 1. The molecule has 3 unspecified atom stereocenters. The number of aromatic nitrogens is 3. The number of hydrogen-bond acceptors (Lipinski definition) is 10. The summed E-state index contributed by atoms with van der Waals surface area (Å²) in [5.74, 6) is 1.89. The number of unbranched alkanes of at least 4 members (excludes halogenated alkanes) is 1. The van der Waals surface area contributed by atoms with Gasteiger partial charge in [0.05, 0.1) is 44.0 Å². The van der Waals surface area contributed by atoms with Crippen molar-refractivity contribution in [3.05, 3.63) is 62.5 Å². The summed E-state index contributed by atoms with van der Waals surface area (Å²) < 4.78 is 7.55. The van der Waals surface area contributed by atoms with Crippen molar-refractivity contribution in [2.45, 2.75) is 76.3 Å². The van der Waals surface area contributed by atoms with Gasteiger partial charge in [0.25, 0.3) is 0 Å². The number of nitrogens with zero attached hydrogens (tertiary/aromatic N) is 4. The van der Waals surface area contributed by atoms with Gasteiger partial charge in [-0.2, -0.15) is 11.8 Å². The zero-order valence-electron chi connectivity index (χ0n) is 27.7. The second-order valence-electron chi connectivity index (χ2n) is 12.3. The summed E-state index contributed by atoms with van der Waals surface area (Å²) in [6, 6.07) is 7.28. The van der Waals surface area contributed by atoms with Crippen molar-refractivity contribution >= 4 is 58.3 Å². The maximum Gasteiger partial charge on any atom is 0.315 e. The third-order valence-corrected chi connectivity index (χ3v) is 11.9. The molecule has 3 aliphatic rings. The normalized spacial score (nSPS) is 20.8. The van der Waals surface area contributed by atoms with Gasteiger partial charge in [-0.25, -0.2) is 10.3 Å². The summed E-state index contributed by atoms with van der Waals surface area (Å²) in [4.78, 5) is 48.4. The number of hydrogen-bond donors (Lipinski definition) is 4. The van der Waals surface area contributed by atoms with Crippen molar-refractivity contribution in [2.75, 3.05) is 32.1 Å². The highest BCUT2D eigenvalue weighted by atomic mass is 35.5. The molecule has 3 aromatic rings. The fraction of sp³-hybridized carbons (Fsp3) is 0.515. The van der Waals surface area contributed by atoms with Crippen LogP contribution in [0, 0.1) is 20.8 Å². The Labute approximate surface area is 298 Å². The molecule has 0 radical (unpaired) electrons. The number of thioether (sulfide) groups is 1. The third kappa shape index (κ3) is 8.28. The Balaban J connectivity index is 0.914. The standard InChI is InChI=1S/C33H41ClN8O5S2/c1-18-19(2)49-32-28(18)29(21-8-10-22(34)11-9-21)36-23(31-40-39-20(3)42(31)32)16-27(44)41-47-15-14-46-13-12-35-26(43)7-5-4-6-25-30-24(17-48-25)37-33(45)38-30/h8-11,23-25,30H,4-7,12-17H2,1-3H3,(H,35,43)(H,41,44)(H2,37,38,45)/t23?,24?,25-,30?/m0/s1. The predicted octanol–water partition coefficient (Wildman–Crippen LogP) is 4.10. The Morgan fingerprint density at radius 1 is 1.06 bits per heavy atom. The first-order valence-corrected chi connectivity index (χ1v) is 18.7. The molecule has 0 aliphatic carbocycles. The summed E-state index contributed by atoms with van der Waals surface area (Å²) in [5, 5.41) is 19.6. The fourth-order valence-corrected chi connectivity index (χ4v) is 9.19. The monoisotopic (exact) mass is 728 g/mol. The van der Waals surface area contributed by atoms with E-state index in [-0.39, 0.29) is 49.6 Å². The third-order valence-electron chi connectivity index (χ3n) is 8.90. The Morgan fingerprint density at radius 2 is 1.88 bits per heavy atom. The van der Waals surface area contributed by atoms with E-state index in [0.29, 0.717) is 35.7 Å². The van der Waals surface area contributed by atoms with Crippen molar-refractivity contribution in [2.24, 2.45) is 4.99 Å². The number of nitrogens with one attached hydrogen (secondary N) is 4. The lowest BCUT2D eigenvalue weighted by molar-refractivity contribution is -0.135. The molecule has 0 saturated carbocycles. The minimum absolute atomic E-state index is 0.00342. The first-order valence-electron chi connectivity index (χ1n) is 16.5. The number of aliphatic imine (C=N–C) groups is 1. The number of rotatable bonds is 15. The van der Waals surface area contributed by atoms with Crippen molar-refractivity contribution in [3.8, 4) is 5.00 Å². The van der Waals surface area contributed by atoms with Gasteiger partial charge in [-0.15, -0.1) is 21.5 Å². The molecule has 4 atom stereocenters. The second kappa shape index (κ2) is 16.0. The number of carbonyl (C=O) groups excluding carboxylic acids is 3. The average molecular weight is 729 g/mol. The van der Waals surface area contributed by atoms with Crippen LogP contribution >= 0.6 is 34.7 Å². The van der Waals surface area contributed by atoms with Gasteiger partial charge in [-0.3, -0.25) is 24.0 Å². The van der Waals surface area contributed by atoms with Gasteiger partial charge in [-0.1, -0.05) is 30.2 Å². The fourth-order valence-electron chi connectivity index (χ4n) is 6.31. The highest BCUT2D eigenvalue weighted by Gasteiger charge is 2.42. The molecule has 0 spiro atoms. The number of benzene rings is 1. The molecule has 0 bridgehead atoms. The van der Waals surface area contributed by atoms with Gasteiger partial charge in [0.1, 0.15) is 16.9 Å². The zero-order chi connectivity index (χ0) is 34.5. The smallest absolute Gasteiger partial charge is 0.315 e. The number of urea groups is 1. The van der Waals surface area contributed by atoms with Crippen molar-refractivity contribution < 1.29 is 24.0 Å². The van der Waals surface area contributed by atoms with E-state index in [1.807, 2.05) is 47.5 Å². The van der Waals surface area contributed by atoms with E-state index in [1.54, 1.807) is 11.3 Å². The van der Waals surface area contributed by atoms with E-state index >= 15 is 0 Å². The molecule has 49 heavy (non-hydrogen) atoms. The van der Waals surface area contributed by atoms with Gasteiger partial charge in [-0.05, 0) is 51.3 Å². The Kier molecular flexibility index (Phi) is 11.6. The minimum atomic E-state index is -0.601. The van der Waals surface area contributed by atoms with Crippen LogP contribution in [-0.4, -0.2) is 87.8 Å². The van der Waals surface area contributed by atoms with Crippen LogP contribution in [0.25, 0.3) is 5.00 Å². The molecule has 2 aromatic heterocycles. The molecule has 16 heteroatoms. The number of thiophene rings is 1. The number of halogens is 1. The van der Waals surface area contributed by atoms with E-state index in [0.717, 1.165) is 58.2 Å². The van der Waals surface area contributed by atoms with Gasteiger partial charge < -0.3 is 20.7 Å². The molecule has 262 valence electrons. The van der Waals surface area contributed by atoms with Gasteiger partial charge in [0.2, 0.25) is 11.8 Å². The predicted molar refractivity (Wildman–Crippen MR) is 190 cm³/mol. The van der Waals surface area contributed by atoms with Crippen LogP contribution in [0.15, 0.2) is 29.3 Å². The van der Waals surface area contributed by atoms with Crippen LogP contribution in [0.1, 0.15) is 71.4 Å². The van der Waals surface area contributed by atoms with E-state index in [9.17, 15) is 14.4 Å². The molecule has 5 heterocycles. The Morgan fingerprint density at radius 3 is 2.69 bits per heavy atom. The number of carbonyl (C=O) groups is 3. The SMILES string of the molecule is Cc1sc2c(c1C)C(c1ccc(Cl)cc1)=NC(CC(=O)NOCCOCCNC(=O)CCCC[C@@H]1SCC3NC(=O)NC31)c1nnc(C)n1-2. The van der Waals surface area contributed by atoms with Crippen LogP contribution in [0.3, 0.4) is 0 Å². The molecule has 2 saturated heterocycles. The van der Waals surface area contributed by atoms with E-state index in [2.05, 4.69) is 45.5 Å². The van der Waals surface area contributed by atoms with Crippen LogP contribution in [0.2, 0.25) is 5.02 Å². The minimum Gasteiger partial charge on any atom is -0.377 e. The van der Waals surface area contributed by atoms with Crippen LogP contribution in [-0.2, 0) is 19.2 Å². The molecule has 2 fully saturated rings. The number of hydroxylamine groups is 1. The van der Waals surface area contributed by atoms with E-state index in [4.69, 9.17) is 26.2 Å². The average Bonchev–Trinajstić information content (AvgIpc) is 3.80. The molecular formula is C33H41ClN8O5S2. The highest BCUT2D eigenvalue weighted by Crippen LogP contribution is 2.39. The van der Waals surface area contributed by atoms with Gasteiger partial charge >= 0.3 is 6.03 Å². The topological polar surface area (TPSA) is 161 Å². The van der Waals surface area contributed by atoms with Gasteiger partial charge in [0, 0.05) is 45.0 Å². The molecule has 13 nitrogen and oxygen atoms in total. The lowest BCUT2D eigenvalue weighted by Crippen LogP contribution is -2.36. The lowest BCUT2D eigenvalue weighted by atomic mass is 9.99. The van der Waals surface area contributed by atoms with E-state index in [1.165, 1.54) is 4.88 Å². The largest absolute Gasteiger partial charge is 0.377 e. The Hall–Kier alpha value is -3.50. The van der Waals surface area contributed by atoms with Crippen LogP contribution in [0.4, 0.5) is 4.79 Å². The lowest BCUT2D eigenvalue weighted by Gasteiger charge is -2.16. The van der Waals surface area contributed by atoms with Crippen molar-refractivity contribution in [3.63, 3.8) is 0 Å². The second-order valence-corrected chi connectivity index (χ2v) is 15.2. The molecule has 1 aromatic carbocycles. The first kappa shape index (κ1) is 35.3. The maximum atomic E-state index is 13.0.